The molecular weight excluding hydrogens is 334 g/mol. The third-order valence-electron chi connectivity index (χ3n) is 6.52. The maximum atomic E-state index is 8.81. The van der Waals surface area contributed by atoms with Gasteiger partial charge in [0.25, 0.3) is 6.02 Å². The first-order chi connectivity index (χ1) is 13.3. The molecule has 4 heterocycles. The molecule has 4 heteroatoms. The van der Waals surface area contributed by atoms with E-state index < -0.39 is 0 Å². The normalized spacial score (nSPS) is 29.3. The van der Waals surface area contributed by atoms with Gasteiger partial charge in [-0.05, 0) is 55.0 Å². The molecule has 2 bridgehead atoms. The van der Waals surface area contributed by atoms with Crippen LogP contribution in [0.15, 0.2) is 54.6 Å². The van der Waals surface area contributed by atoms with Gasteiger partial charge in [0.2, 0.25) is 0 Å². The van der Waals surface area contributed by atoms with Crippen molar-refractivity contribution in [2.24, 2.45) is 5.92 Å². The summed E-state index contributed by atoms with van der Waals surface area (Å²) in [4.78, 5) is 4.65. The highest BCUT2D eigenvalue weighted by Gasteiger charge is 2.38. The second-order valence-electron chi connectivity index (χ2n) is 8.05. The summed E-state index contributed by atoms with van der Waals surface area (Å²) in [5.41, 5.74) is 3.92. The highest BCUT2D eigenvalue weighted by atomic mass is 16.5. The van der Waals surface area contributed by atoms with Crippen LogP contribution in [0, 0.1) is 11.3 Å². The minimum atomic E-state index is 0.0599. The van der Waals surface area contributed by atoms with Gasteiger partial charge in [0.15, 0.2) is 0 Å². The molecule has 3 fully saturated rings. The monoisotopic (exact) mass is 361 g/mol. The third kappa shape index (κ3) is 3.12. The van der Waals surface area contributed by atoms with E-state index in [2.05, 4.69) is 64.4 Å². The first kappa shape index (κ1) is 16.8. The SMILES string of the molecule is N=C(OC1CN2CCC1CC2)N1CCc2ccccc2C1c1ccccc1. The molecule has 0 aromatic heterocycles. The van der Waals surface area contributed by atoms with Gasteiger partial charge in [-0.25, -0.2) is 0 Å². The second-order valence-corrected chi connectivity index (χ2v) is 8.05. The number of amidine groups is 1. The quantitative estimate of drug-likeness (QED) is 0.655. The molecule has 4 nitrogen and oxygen atoms in total. The molecule has 2 aromatic carbocycles. The number of nitrogens with one attached hydrogen (secondary N) is 1. The zero-order valence-electron chi connectivity index (χ0n) is 15.7. The van der Waals surface area contributed by atoms with Crippen LogP contribution in [-0.2, 0) is 11.2 Å². The van der Waals surface area contributed by atoms with Crippen molar-refractivity contribution in [2.45, 2.75) is 31.4 Å². The highest BCUT2D eigenvalue weighted by Crippen LogP contribution is 2.36. The lowest BCUT2D eigenvalue weighted by molar-refractivity contribution is -0.0256. The molecule has 3 saturated heterocycles. The average molecular weight is 361 g/mol. The van der Waals surface area contributed by atoms with Crippen molar-refractivity contribution in [3.8, 4) is 0 Å². The zero-order chi connectivity index (χ0) is 18.2. The molecule has 27 heavy (non-hydrogen) atoms. The smallest absolute Gasteiger partial charge is 0.285 e. The van der Waals surface area contributed by atoms with Crippen LogP contribution in [-0.4, -0.2) is 48.1 Å². The minimum Gasteiger partial charge on any atom is -0.460 e. The fourth-order valence-corrected chi connectivity index (χ4v) is 5.04. The summed E-state index contributed by atoms with van der Waals surface area (Å²) in [5, 5.41) is 8.81. The first-order valence-corrected chi connectivity index (χ1v) is 10.2. The van der Waals surface area contributed by atoms with Crippen molar-refractivity contribution < 1.29 is 4.74 Å². The molecule has 4 aliphatic rings. The Morgan fingerprint density at radius 1 is 0.926 bits per heavy atom. The summed E-state index contributed by atoms with van der Waals surface area (Å²) in [7, 11) is 0. The van der Waals surface area contributed by atoms with E-state index in [1.807, 2.05) is 0 Å². The lowest BCUT2D eigenvalue weighted by Crippen LogP contribution is -2.53. The number of fused-ring (bicyclic) bond motifs is 4. The Hall–Kier alpha value is -2.33. The zero-order valence-corrected chi connectivity index (χ0v) is 15.7. The molecule has 2 unspecified atom stereocenters. The second kappa shape index (κ2) is 7.01. The third-order valence-corrected chi connectivity index (χ3v) is 6.52. The lowest BCUT2D eigenvalue weighted by Gasteiger charge is -2.46. The minimum absolute atomic E-state index is 0.0599. The molecule has 4 aliphatic heterocycles. The Balaban J connectivity index is 1.43. The molecule has 0 spiro atoms. The first-order valence-electron chi connectivity index (χ1n) is 10.2. The van der Waals surface area contributed by atoms with Crippen LogP contribution in [0.4, 0.5) is 0 Å². The van der Waals surface area contributed by atoms with Crippen LogP contribution in [0.2, 0.25) is 0 Å². The summed E-state index contributed by atoms with van der Waals surface area (Å²) in [5.74, 6) is 0.614. The van der Waals surface area contributed by atoms with Gasteiger partial charge in [-0.2, -0.15) is 0 Å². The van der Waals surface area contributed by atoms with Crippen LogP contribution in [0.3, 0.4) is 0 Å². The van der Waals surface area contributed by atoms with Gasteiger partial charge < -0.3 is 9.64 Å². The molecule has 0 aliphatic carbocycles. The lowest BCUT2D eigenvalue weighted by atomic mass is 9.86. The van der Waals surface area contributed by atoms with Crippen LogP contribution in [0.5, 0.6) is 0 Å². The number of ether oxygens (including phenoxy) is 1. The number of benzene rings is 2. The molecule has 2 atom stereocenters. The van der Waals surface area contributed by atoms with Crippen molar-refractivity contribution in [3.63, 3.8) is 0 Å². The maximum absolute atomic E-state index is 8.81. The molecule has 6 rings (SSSR count). The van der Waals surface area contributed by atoms with Gasteiger partial charge in [-0.3, -0.25) is 10.3 Å². The largest absolute Gasteiger partial charge is 0.460 e. The fraction of sp³-hybridized carbons (Fsp3) is 0.435. The maximum Gasteiger partial charge on any atom is 0.285 e. The van der Waals surface area contributed by atoms with Crippen molar-refractivity contribution >= 4 is 6.02 Å². The van der Waals surface area contributed by atoms with E-state index in [0.29, 0.717) is 11.9 Å². The van der Waals surface area contributed by atoms with E-state index in [4.69, 9.17) is 10.1 Å². The molecular formula is C23H27N3O. The Kier molecular flexibility index (Phi) is 4.36. The summed E-state index contributed by atoms with van der Waals surface area (Å²) >= 11 is 0. The van der Waals surface area contributed by atoms with E-state index in [-0.39, 0.29) is 12.1 Å². The fourth-order valence-electron chi connectivity index (χ4n) is 5.04. The van der Waals surface area contributed by atoms with Gasteiger partial charge in [0.1, 0.15) is 6.10 Å². The predicted molar refractivity (Wildman–Crippen MR) is 107 cm³/mol. The number of piperidine rings is 3. The van der Waals surface area contributed by atoms with E-state index in [9.17, 15) is 0 Å². The average Bonchev–Trinajstić information content (AvgIpc) is 2.74. The molecule has 0 amide bonds. The van der Waals surface area contributed by atoms with Crippen molar-refractivity contribution in [1.82, 2.24) is 9.80 Å². The Bertz CT molecular complexity index is 813. The van der Waals surface area contributed by atoms with Crippen LogP contribution in [0.1, 0.15) is 35.6 Å². The van der Waals surface area contributed by atoms with Gasteiger partial charge >= 0.3 is 0 Å². The van der Waals surface area contributed by atoms with Crippen molar-refractivity contribution in [1.29, 1.82) is 5.41 Å². The molecule has 0 radical (unpaired) electrons. The highest BCUT2D eigenvalue weighted by molar-refractivity contribution is 5.72. The van der Waals surface area contributed by atoms with Crippen LogP contribution in [0.25, 0.3) is 0 Å². The van der Waals surface area contributed by atoms with Crippen LogP contribution < -0.4 is 0 Å². The number of rotatable bonds is 2. The predicted octanol–water partition coefficient (Wildman–Crippen LogP) is 3.68. The van der Waals surface area contributed by atoms with E-state index in [1.54, 1.807) is 0 Å². The van der Waals surface area contributed by atoms with Gasteiger partial charge in [-0.1, -0.05) is 54.6 Å². The number of nitrogens with zero attached hydrogens (tertiary/aromatic N) is 2. The molecule has 140 valence electrons. The Morgan fingerprint density at radius 2 is 1.67 bits per heavy atom. The van der Waals surface area contributed by atoms with E-state index in [0.717, 1.165) is 19.5 Å². The molecule has 2 aromatic rings. The molecule has 0 saturated carbocycles. The van der Waals surface area contributed by atoms with E-state index >= 15 is 0 Å². The topological polar surface area (TPSA) is 39.6 Å². The van der Waals surface area contributed by atoms with E-state index in [1.165, 1.54) is 42.6 Å². The summed E-state index contributed by atoms with van der Waals surface area (Å²) in [6.07, 6.45) is 3.56. The number of hydrogen-bond donors (Lipinski definition) is 1. The summed E-state index contributed by atoms with van der Waals surface area (Å²) in [6.45, 7) is 4.20. The van der Waals surface area contributed by atoms with Crippen molar-refractivity contribution in [3.05, 3.63) is 71.3 Å². The van der Waals surface area contributed by atoms with Gasteiger partial charge in [0, 0.05) is 13.1 Å². The summed E-state index contributed by atoms with van der Waals surface area (Å²) in [6, 6.07) is 19.6. The standard InChI is InChI=1S/C23H27N3O/c24-23(27-21-16-25-13-10-18(21)11-14-25)26-15-12-17-6-4-5-9-20(17)22(26)19-7-2-1-3-8-19/h1-9,18,21-22,24H,10-16H2. The molecule has 1 N–H and O–H groups in total. The summed E-state index contributed by atoms with van der Waals surface area (Å²) < 4.78 is 6.30. The van der Waals surface area contributed by atoms with Gasteiger partial charge in [-0.15, -0.1) is 0 Å². The Morgan fingerprint density at radius 3 is 2.41 bits per heavy atom. The van der Waals surface area contributed by atoms with Crippen molar-refractivity contribution in [2.75, 3.05) is 26.2 Å². The van der Waals surface area contributed by atoms with Gasteiger partial charge in [0.05, 0.1) is 6.04 Å². The van der Waals surface area contributed by atoms with Crippen LogP contribution >= 0.6 is 0 Å². The number of hydrogen-bond acceptors (Lipinski definition) is 3. The Labute approximate surface area is 161 Å².